The molecule has 0 saturated heterocycles. The standard InChI is InChI=1S/C11H16O2/c1-2-4-9(7-8-11(12)13)10-5-3-6-10/h2,7-10H,1,3-6H2,(H,12,13). The van der Waals surface area contributed by atoms with E-state index < -0.39 is 5.97 Å². The predicted octanol–water partition coefficient (Wildman–Crippen LogP) is 2.62. The Morgan fingerprint density at radius 2 is 2.31 bits per heavy atom. The molecule has 1 aliphatic rings. The molecule has 2 nitrogen and oxygen atoms in total. The van der Waals surface area contributed by atoms with Gasteiger partial charge in [0.1, 0.15) is 0 Å². The number of rotatable bonds is 5. The maximum atomic E-state index is 10.3. The van der Waals surface area contributed by atoms with E-state index in [1.165, 1.54) is 25.3 Å². The van der Waals surface area contributed by atoms with Crippen LogP contribution >= 0.6 is 0 Å². The zero-order valence-electron chi connectivity index (χ0n) is 7.78. The van der Waals surface area contributed by atoms with E-state index >= 15 is 0 Å². The van der Waals surface area contributed by atoms with Gasteiger partial charge in [-0.05, 0) is 31.1 Å². The fourth-order valence-corrected chi connectivity index (χ4v) is 1.69. The largest absolute Gasteiger partial charge is 0.478 e. The molecule has 0 aromatic carbocycles. The van der Waals surface area contributed by atoms with Gasteiger partial charge in [0.05, 0.1) is 0 Å². The molecule has 0 aromatic rings. The fraction of sp³-hybridized carbons (Fsp3) is 0.545. The van der Waals surface area contributed by atoms with E-state index in [0.29, 0.717) is 11.8 Å². The third-order valence-corrected chi connectivity index (χ3v) is 2.68. The Morgan fingerprint density at radius 1 is 1.62 bits per heavy atom. The van der Waals surface area contributed by atoms with Crippen LogP contribution in [-0.2, 0) is 4.79 Å². The molecule has 1 saturated carbocycles. The Kier molecular flexibility index (Phi) is 3.74. The molecule has 0 bridgehead atoms. The summed E-state index contributed by atoms with van der Waals surface area (Å²) in [5.41, 5.74) is 0. The molecule has 0 aromatic heterocycles. The zero-order valence-corrected chi connectivity index (χ0v) is 7.78. The van der Waals surface area contributed by atoms with Gasteiger partial charge in [-0.3, -0.25) is 0 Å². The van der Waals surface area contributed by atoms with Gasteiger partial charge in [0, 0.05) is 6.08 Å². The van der Waals surface area contributed by atoms with E-state index in [1.807, 2.05) is 12.2 Å². The Morgan fingerprint density at radius 3 is 2.69 bits per heavy atom. The monoisotopic (exact) mass is 180 g/mol. The van der Waals surface area contributed by atoms with Gasteiger partial charge in [-0.25, -0.2) is 4.79 Å². The van der Waals surface area contributed by atoms with Crippen LogP contribution in [0.25, 0.3) is 0 Å². The highest BCUT2D eigenvalue weighted by Gasteiger charge is 2.24. The average Bonchev–Trinajstić information content (AvgIpc) is 1.97. The fourth-order valence-electron chi connectivity index (χ4n) is 1.69. The second-order valence-electron chi connectivity index (χ2n) is 3.58. The van der Waals surface area contributed by atoms with Crippen molar-refractivity contribution in [2.24, 2.45) is 11.8 Å². The predicted molar refractivity (Wildman–Crippen MR) is 52.4 cm³/mol. The molecule has 72 valence electrons. The quantitative estimate of drug-likeness (QED) is 0.521. The van der Waals surface area contributed by atoms with Gasteiger partial charge in [-0.15, -0.1) is 6.58 Å². The summed E-state index contributed by atoms with van der Waals surface area (Å²) in [6, 6.07) is 0. The van der Waals surface area contributed by atoms with Crippen molar-refractivity contribution in [3.63, 3.8) is 0 Å². The summed E-state index contributed by atoms with van der Waals surface area (Å²) < 4.78 is 0. The van der Waals surface area contributed by atoms with Crippen LogP contribution in [0.3, 0.4) is 0 Å². The van der Waals surface area contributed by atoms with E-state index in [4.69, 9.17) is 5.11 Å². The second kappa shape index (κ2) is 4.85. The highest BCUT2D eigenvalue weighted by Crippen LogP contribution is 2.35. The van der Waals surface area contributed by atoms with Crippen molar-refractivity contribution in [3.05, 3.63) is 24.8 Å². The van der Waals surface area contributed by atoms with Crippen LogP contribution < -0.4 is 0 Å². The molecule has 1 N–H and O–H groups in total. The lowest BCUT2D eigenvalue weighted by molar-refractivity contribution is -0.131. The third kappa shape index (κ3) is 3.05. The first-order valence-corrected chi connectivity index (χ1v) is 4.76. The van der Waals surface area contributed by atoms with Crippen LogP contribution in [0.5, 0.6) is 0 Å². The molecule has 0 heterocycles. The summed E-state index contributed by atoms with van der Waals surface area (Å²) in [5.74, 6) is 0.226. The molecule has 0 amide bonds. The molecular weight excluding hydrogens is 164 g/mol. The number of hydrogen-bond donors (Lipinski definition) is 1. The summed E-state index contributed by atoms with van der Waals surface area (Å²) in [7, 11) is 0. The minimum atomic E-state index is -0.853. The average molecular weight is 180 g/mol. The molecule has 0 aliphatic heterocycles. The van der Waals surface area contributed by atoms with Gasteiger partial charge >= 0.3 is 5.97 Å². The van der Waals surface area contributed by atoms with Crippen LogP contribution in [-0.4, -0.2) is 11.1 Å². The summed E-state index contributed by atoms with van der Waals surface area (Å²) in [6.07, 6.45) is 9.61. The number of carbonyl (C=O) groups is 1. The molecule has 1 atom stereocenters. The summed E-state index contributed by atoms with van der Waals surface area (Å²) in [5, 5.41) is 8.49. The van der Waals surface area contributed by atoms with Gasteiger partial charge in [0.2, 0.25) is 0 Å². The van der Waals surface area contributed by atoms with Crippen molar-refractivity contribution < 1.29 is 9.90 Å². The topological polar surface area (TPSA) is 37.3 Å². The first kappa shape index (κ1) is 10.0. The molecule has 1 fully saturated rings. The molecule has 1 aliphatic carbocycles. The zero-order chi connectivity index (χ0) is 9.68. The van der Waals surface area contributed by atoms with Crippen molar-refractivity contribution in [1.82, 2.24) is 0 Å². The molecule has 1 unspecified atom stereocenters. The number of hydrogen-bond acceptors (Lipinski definition) is 1. The van der Waals surface area contributed by atoms with Crippen LogP contribution in [0.15, 0.2) is 24.8 Å². The first-order chi connectivity index (χ1) is 6.24. The van der Waals surface area contributed by atoms with Crippen LogP contribution in [0, 0.1) is 11.8 Å². The maximum absolute atomic E-state index is 10.3. The lowest BCUT2D eigenvalue weighted by Crippen LogP contribution is -2.20. The number of allylic oxidation sites excluding steroid dienone is 2. The highest BCUT2D eigenvalue weighted by molar-refractivity contribution is 5.79. The van der Waals surface area contributed by atoms with E-state index in [0.717, 1.165) is 6.42 Å². The lowest BCUT2D eigenvalue weighted by Gasteiger charge is -2.31. The van der Waals surface area contributed by atoms with Gasteiger partial charge < -0.3 is 5.11 Å². The normalized spacial score (nSPS) is 19.7. The van der Waals surface area contributed by atoms with E-state index in [9.17, 15) is 4.79 Å². The van der Waals surface area contributed by atoms with Crippen molar-refractivity contribution in [2.75, 3.05) is 0 Å². The molecular formula is C11H16O2. The Hall–Kier alpha value is -1.05. The Balaban J connectivity index is 2.45. The summed E-state index contributed by atoms with van der Waals surface area (Å²) in [6.45, 7) is 3.69. The summed E-state index contributed by atoms with van der Waals surface area (Å²) >= 11 is 0. The molecule has 1 rings (SSSR count). The van der Waals surface area contributed by atoms with Crippen molar-refractivity contribution in [1.29, 1.82) is 0 Å². The molecule has 0 radical (unpaired) electrons. The second-order valence-corrected chi connectivity index (χ2v) is 3.58. The van der Waals surface area contributed by atoms with Gasteiger partial charge in [-0.2, -0.15) is 0 Å². The number of carboxylic acids is 1. The van der Waals surface area contributed by atoms with Crippen molar-refractivity contribution in [2.45, 2.75) is 25.7 Å². The minimum absolute atomic E-state index is 0.391. The smallest absolute Gasteiger partial charge is 0.327 e. The highest BCUT2D eigenvalue weighted by atomic mass is 16.4. The maximum Gasteiger partial charge on any atom is 0.327 e. The van der Waals surface area contributed by atoms with Gasteiger partial charge in [-0.1, -0.05) is 18.6 Å². The van der Waals surface area contributed by atoms with Crippen molar-refractivity contribution >= 4 is 5.97 Å². The molecule has 0 spiro atoms. The van der Waals surface area contributed by atoms with Crippen LogP contribution in [0.2, 0.25) is 0 Å². The molecule has 2 heteroatoms. The van der Waals surface area contributed by atoms with Gasteiger partial charge in [0.15, 0.2) is 0 Å². The molecule has 13 heavy (non-hydrogen) atoms. The Bertz CT molecular complexity index is 214. The van der Waals surface area contributed by atoms with Gasteiger partial charge in [0.25, 0.3) is 0 Å². The van der Waals surface area contributed by atoms with E-state index in [1.54, 1.807) is 0 Å². The van der Waals surface area contributed by atoms with Crippen LogP contribution in [0.4, 0.5) is 0 Å². The summed E-state index contributed by atoms with van der Waals surface area (Å²) in [4.78, 5) is 10.3. The van der Waals surface area contributed by atoms with E-state index in [-0.39, 0.29) is 0 Å². The Labute approximate surface area is 79.0 Å². The minimum Gasteiger partial charge on any atom is -0.478 e. The SMILES string of the molecule is C=CCC(C=CC(=O)O)C1CCC1. The third-order valence-electron chi connectivity index (χ3n) is 2.68. The van der Waals surface area contributed by atoms with E-state index in [2.05, 4.69) is 6.58 Å². The van der Waals surface area contributed by atoms with Crippen LogP contribution in [0.1, 0.15) is 25.7 Å². The lowest BCUT2D eigenvalue weighted by atomic mass is 9.74. The van der Waals surface area contributed by atoms with Crippen molar-refractivity contribution in [3.8, 4) is 0 Å². The number of carboxylic acid groups (broad SMARTS) is 1. The number of aliphatic carboxylic acids is 1. The first-order valence-electron chi connectivity index (χ1n) is 4.76.